The maximum absolute atomic E-state index is 12.8. The Morgan fingerprint density at radius 2 is 0.597 bits per heavy atom. The first-order chi connectivity index (χ1) is 30.5. The van der Waals surface area contributed by atoms with Crippen molar-refractivity contribution in [1.29, 1.82) is 0 Å². The quantitative estimate of drug-likeness (QED) is 0.0262. The highest BCUT2D eigenvalue weighted by Gasteiger charge is 2.19. The highest BCUT2D eigenvalue weighted by molar-refractivity contribution is 5.71. The van der Waals surface area contributed by atoms with Gasteiger partial charge in [0.25, 0.3) is 0 Å². The van der Waals surface area contributed by atoms with Crippen LogP contribution in [0.3, 0.4) is 0 Å². The number of allylic oxidation sites excluding steroid dienone is 8. The molecule has 0 N–H and O–H groups in total. The lowest BCUT2D eigenvalue weighted by atomic mass is 10.0. The summed E-state index contributed by atoms with van der Waals surface area (Å²) in [6, 6.07) is 0. The zero-order chi connectivity index (χ0) is 45.1. The van der Waals surface area contributed by atoms with Gasteiger partial charge >= 0.3 is 17.9 Å². The molecule has 0 radical (unpaired) electrons. The molecular formula is C56H100O6. The molecule has 0 aromatic heterocycles. The number of ether oxygens (including phenoxy) is 3. The molecule has 0 aliphatic heterocycles. The SMILES string of the molecule is CCCCC/C=C\C/C=C\C/C=C\C/C=C\CCCC(=O)OC[C@H](COC(=O)CCCCCCCCCCCCCC)OC(=O)CCCCCCCCCCCCCCCCC. The largest absolute Gasteiger partial charge is 0.462 e. The van der Waals surface area contributed by atoms with E-state index in [9.17, 15) is 14.4 Å². The van der Waals surface area contributed by atoms with Crippen LogP contribution < -0.4 is 0 Å². The minimum atomic E-state index is -0.790. The smallest absolute Gasteiger partial charge is 0.306 e. The fraction of sp³-hybridized carbons (Fsp3) is 0.804. The third-order valence-corrected chi connectivity index (χ3v) is 11.6. The Hall–Kier alpha value is -2.63. The molecule has 0 aromatic rings. The van der Waals surface area contributed by atoms with Crippen molar-refractivity contribution in [2.75, 3.05) is 13.2 Å². The second-order valence-corrected chi connectivity index (χ2v) is 17.8. The number of rotatable bonds is 48. The molecule has 0 saturated carbocycles. The average molecular weight is 869 g/mol. The van der Waals surface area contributed by atoms with Gasteiger partial charge in [-0.25, -0.2) is 0 Å². The molecule has 0 spiro atoms. The summed E-state index contributed by atoms with van der Waals surface area (Å²) < 4.78 is 16.8. The van der Waals surface area contributed by atoms with Gasteiger partial charge in [-0.2, -0.15) is 0 Å². The number of hydrogen-bond donors (Lipinski definition) is 0. The Labute approximate surface area is 384 Å². The van der Waals surface area contributed by atoms with Crippen LogP contribution in [0.1, 0.15) is 271 Å². The average Bonchev–Trinajstić information content (AvgIpc) is 3.27. The van der Waals surface area contributed by atoms with E-state index in [1.807, 2.05) is 0 Å². The normalized spacial score (nSPS) is 12.4. The number of hydrogen-bond acceptors (Lipinski definition) is 6. The molecule has 360 valence electrons. The lowest BCUT2D eigenvalue weighted by Crippen LogP contribution is -2.30. The third-order valence-electron chi connectivity index (χ3n) is 11.6. The summed E-state index contributed by atoms with van der Waals surface area (Å²) in [5.74, 6) is -0.934. The zero-order valence-corrected chi connectivity index (χ0v) is 41.1. The van der Waals surface area contributed by atoms with Crippen molar-refractivity contribution < 1.29 is 28.6 Å². The summed E-state index contributed by atoms with van der Waals surface area (Å²) >= 11 is 0. The molecule has 0 bridgehead atoms. The Balaban J connectivity index is 4.43. The van der Waals surface area contributed by atoms with E-state index in [-0.39, 0.29) is 37.5 Å². The fourth-order valence-electron chi connectivity index (χ4n) is 7.55. The predicted molar refractivity (Wildman–Crippen MR) is 265 cm³/mol. The number of carbonyl (C=O) groups is 3. The highest BCUT2D eigenvalue weighted by atomic mass is 16.6. The maximum Gasteiger partial charge on any atom is 0.306 e. The topological polar surface area (TPSA) is 78.9 Å². The predicted octanol–water partition coefficient (Wildman–Crippen LogP) is 17.5. The van der Waals surface area contributed by atoms with Gasteiger partial charge in [0.05, 0.1) is 0 Å². The molecule has 62 heavy (non-hydrogen) atoms. The number of unbranched alkanes of at least 4 members (excludes halogenated alkanes) is 29. The van der Waals surface area contributed by atoms with Crippen molar-refractivity contribution >= 4 is 17.9 Å². The molecule has 0 saturated heterocycles. The third kappa shape index (κ3) is 48.4. The lowest BCUT2D eigenvalue weighted by Gasteiger charge is -2.18. The Bertz CT molecular complexity index is 1090. The first kappa shape index (κ1) is 59.4. The van der Waals surface area contributed by atoms with Gasteiger partial charge in [0.15, 0.2) is 6.10 Å². The van der Waals surface area contributed by atoms with Crippen molar-refractivity contribution in [2.24, 2.45) is 0 Å². The first-order valence-corrected chi connectivity index (χ1v) is 26.6. The van der Waals surface area contributed by atoms with Gasteiger partial charge in [-0.15, -0.1) is 0 Å². The van der Waals surface area contributed by atoms with Crippen LogP contribution in [0.15, 0.2) is 48.6 Å². The Morgan fingerprint density at radius 3 is 0.968 bits per heavy atom. The summed E-state index contributed by atoms with van der Waals surface area (Å²) in [6.45, 7) is 6.58. The van der Waals surface area contributed by atoms with E-state index in [2.05, 4.69) is 69.4 Å². The number of esters is 3. The molecule has 0 heterocycles. The highest BCUT2D eigenvalue weighted by Crippen LogP contribution is 2.16. The van der Waals surface area contributed by atoms with E-state index in [1.54, 1.807) is 0 Å². The molecule has 0 aliphatic rings. The van der Waals surface area contributed by atoms with E-state index >= 15 is 0 Å². The van der Waals surface area contributed by atoms with Crippen molar-refractivity contribution in [3.63, 3.8) is 0 Å². The lowest BCUT2D eigenvalue weighted by molar-refractivity contribution is -0.167. The van der Waals surface area contributed by atoms with Crippen LogP contribution >= 0.6 is 0 Å². The summed E-state index contributed by atoms with van der Waals surface area (Å²) in [7, 11) is 0. The van der Waals surface area contributed by atoms with Crippen LogP contribution in [0.4, 0.5) is 0 Å². The Morgan fingerprint density at radius 1 is 0.323 bits per heavy atom. The van der Waals surface area contributed by atoms with Gasteiger partial charge in [0.2, 0.25) is 0 Å². The van der Waals surface area contributed by atoms with Crippen molar-refractivity contribution in [1.82, 2.24) is 0 Å². The summed E-state index contributed by atoms with van der Waals surface area (Å²) in [6.07, 6.45) is 61.0. The van der Waals surface area contributed by atoms with Gasteiger partial charge in [-0.05, 0) is 57.8 Å². The molecule has 0 fully saturated rings. The molecule has 0 amide bonds. The summed E-state index contributed by atoms with van der Waals surface area (Å²) in [4.78, 5) is 38.0. The molecule has 6 heteroatoms. The van der Waals surface area contributed by atoms with E-state index in [1.165, 1.54) is 161 Å². The molecular weight excluding hydrogens is 769 g/mol. The standard InChI is InChI=1S/C56H100O6/c1-4-7-10-13-16-19-22-25-27-28-30-31-34-37-40-43-46-49-55(58)61-52-53(51-60-54(57)48-45-42-39-36-33-24-21-18-15-12-9-6-3)62-56(59)50-47-44-41-38-35-32-29-26-23-20-17-14-11-8-5-2/h16,19,25,27,30-31,37,40,53H,4-15,17-18,20-24,26,28-29,32-36,38-39,41-52H2,1-3H3/b19-16-,27-25-,31-30-,40-37-/t53-/m0/s1. The van der Waals surface area contributed by atoms with E-state index in [0.29, 0.717) is 19.3 Å². The molecule has 0 aromatic carbocycles. The number of carbonyl (C=O) groups excluding carboxylic acids is 3. The monoisotopic (exact) mass is 869 g/mol. The van der Waals surface area contributed by atoms with Crippen LogP contribution in [0, 0.1) is 0 Å². The molecule has 0 rings (SSSR count). The van der Waals surface area contributed by atoms with E-state index in [4.69, 9.17) is 14.2 Å². The fourth-order valence-corrected chi connectivity index (χ4v) is 7.55. The second-order valence-electron chi connectivity index (χ2n) is 17.8. The summed E-state index contributed by atoms with van der Waals surface area (Å²) in [5, 5.41) is 0. The van der Waals surface area contributed by atoms with Crippen LogP contribution in [-0.4, -0.2) is 37.2 Å². The van der Waals surface area contributed by atoms with Gasteiger partial charge in [0.1, 0.15) is 13.2 Å². The van der Waals surface area contributed by atoms with Crippen LogP contribution in [-0.2, 0) is 28.6 Å². The van der Waals surface area contributed by atoms with Crippen LogP contribution in [0.25, 0.3) is 0 Å². The van der Waals surface area contributed by atoms with Crippen LogP contribution in [0.5, 0.6) is 0 Å². The van der Waals surface area contributed by atoms with Crippen LogP contribution in [0.2, 0.25) is 0 Å². The van der Waals surface area contributed by atoms with Crippen molar-refractivity contribution in [2.45, 2.75) is 277 Å². The molecule has 6 nitrogen and oxygen atoms in total. The minimum absolute atomic E-state index is 0.0861. The Kier molecular flexibility index (Phi) is 48.8. The van der Waals surface area contributed by atoms with Crippen molar-refractivity contribution in [3.05, 3.63) is 48.6 Å². The minimum Gasteiger partial charge on any atom is -0.462 e. The van der Waals surface area contributed by atoms with Gasteiger partial charge in [0, 0.05) is 19.3 Å². The molecule has 1 atom stereocenters. The van der Waals surface area contributed by atoms with Gasteiger partial charge in [-0.1, -0.05) is 243 Å². The maximum atomic E-state index is 12.8. The molecule has 0 aliphatic carbocycles. The van der Waals surface area contributed by atoms with Crippen molar-refractivity contribution in [3.8, 4) is 0 Å². The zero-order valence-electron chi connectivity index (χ0n) is 41.1. The summed E-state index contributed by atoms with van der Waals surface area (Å²) in [5.41, 5.74) is 0. The van der Waals surface area contributed by atoms with Gasteiger partial charge < -0.3 is 14.2 Å². The first-order valence-electron chi connectivity index (χ1n) is 26.6. The molecule has 0 unspecified atom stereocenters. The second kappa shape index (κ2) is 51.0. The van der Waals surface area contributed by atoms with Gasteiger partial charge in [-0.3, -0.25) is 14.4 Å². The van der Waals surface area contributed by atoms with E-state index < -0.39 is 6.10 Å². The van der Waals surface area contributed by atoms with E-state index in [0.717, 1.165) is 64.2 Å².